The van der Waals surface area contributed by atoms with E-state index in [1.54, 1.807) is 0 Å². The van der Waals surface area contributed by atoms with Crippen LogP contribution in [0.5, 0.6) is 0 Å². The van der Waals surface area contributed by atoms with Gasteiger partial charge < -0.3 is 10.6 Å². The van der Waals surface area contributed by atoms with Gasteiger partial charge in [0.1, 0.15) is 0 Å². The predicted octanol–water partition coefficient (Wildman–Crippen LogP) is 0.189. The molecule has 0 aromatic rings. The fourth-order valence-electron chi connectivity index (χ4n) is 2.51. The molecule has 1 aliphatic rings. The second-order valence-corrected chi connectivity index (χ2v) is 5.82. The van der Waals surface area contributed by atoms with Crippen LogP contribution >= 0.6 is 0 Å². The van der Waals surface area contributed by atoms with E-state index in [4.69, 9.17) is 5.73 Å². The summed E-state index contributed by atoms with van der Waals surface area (Å²) in [5.41, 5.74) is 8.04. The van der Waals surface area contributed by atoms with Crippen LogP contribution in [-0.2, 0) is 0 Å². The maximum absolute atomic E-state index is 7.55. The van der Waals surface area contributed by atoms with Crippen molar-refractivity contribution in [2.24, 2.45) is 11.3 Å². The second-order valence-electron chi connectivity index (χ2n) is 5.82. The van der Waals surface area contributed by atoms with E-state index in [0.29, 0.717) is 5.41 Å². The first-order valence-corrected chi connectivity index (χ1v) is 5.81. The number of nitrogens with zero attached hydrogens (tertiary/aromatic N) is 1. The third-order valence-electron chi connectivity index (χ3n) is 3.25. The molecule has 0 bridgehead atoms. The Kier molecular flexibility index (Phi) is 7.83. The average Bonchev–Trinajstić information content (AvgIpc) is 1.97. The molecule has 0 radical (unpaired) electrons. The Morgan fingerprint density at radius 3 is 2.33 bits per heavy atom. The van der Waals surface area contributed by atoms with Crippen molar-refractivity contribution in [2.45, 2.75) is 46.1 Å². The molecule has 1 saturated carbocycles. The fraction of sp³-hybridized carbons (Fsp3) is 1.00. The molecule has 1 rings (SSSR count). The molecule has 0 aliphatic heterocycles. The first kappa shape index (κ1) is 16.6. The Morgan fingerprint density at radius 2 is 1.93 bits per heavy atom. The zero-order valence-electron chi connectivity index (χ0n) is 11.1. The van der Waals surface area contributed by atoms with E-state index in [-0.39, 0.29) is 57.4 Å². The van der Waals surface area contributed by atoms with Crippen LogP contribution < -0.4 is 51.4 Å². The fourth-order valence-corrected chi connectivity index (χ4v) is 2.51. The molecular weight excluding hydrogens is 211 g/mol. The summed E-state index contributed by atoms with van der Waals surface area (Å²) in [6, 6.07) is 0.232. The molecule has 1 aliphatic carbocycles. The van der Waals surface area contributed by atoms with Gasteiger partial charge in [0.25, 0.3) is 0 Å². The maximum Gasteiger partial charge on any atom is 1.00 e. The molecular formula is C12H25KN2. The van der Waals surface area contributed by atoms with Gasteiger partial charge in [0, 0.05) is 6.54 Å². The zero-order valence-corrected chi connectivity index (χ0v) is 14.3. The largest absolute Gasteiger partial charge is 1.00 e. The molecule has 0 unspecified atom stereocenters. The average molecular weight is 236 g/mol. The smallest absolute Gasteiger partial charge is 0.675 e. The number of nitrogens with one attached hydrogen (secondary N) is 1. The van der Waals surface area contributed by atoms with E-state index >= 15 is 0 Å². The van der Waals surface area contributed by atoms with Crippen molar-refractivity contribution in [3.8, 4) is 0 Å². The van der Waals surface area contributed by atoms with Crippen LogP contribution in [0.4, 0.5) is 0 Å². The molecule has 0 saturated heterocycles. The minimum Gasteiger partial charge on any atom is -0.675 e. The molecule has 1 N–H and O–H groups in total. The van der Waals surface area contributed by atoms with Gasteiger partial charge in [-0.15, -0.1) is 6.04 Å². The van der Waals surface area contributed by atoms with E-state index in [1.165, 1.54) is 19.5 Å². The Morgan fingerprint density at radius 1 is 1.40 bits per heavy atom. The summed E-state index contributed by atoms with van der Waals surface area (Å²) in [5.74, 6) is 0.762. The first-order valence-electron chi connectivity index (χ1n) is 5.81. The van der Waals surface area contributed by atoms with Gasteiger partial charge in [-0.3, -0.25) is 0 Å². The Bertz CT molecular complexity index is 176. The summed E-state index contributed by atoms with van der Waals surface area (Å²) in [7, 11) is 2.21. The van der Waals surface area contributed by atoms with Crippen LogP contribution in [0.15, 0.2) is 0 Å². The molecule has 0 heterocycles. The van der Waals surface area contributed by atoms with Gasteiger partial charge in [-0.05, 0) is 31.3 Å². The van der Waals surface area contributed by atoms with Crippen LogP contribution in [0.2, 0.25) is 0 Å². The molecule has 0 aromatic heterocycles. The topological polar surface area (TPSA) is 27.0 Å². The molecule has 2 nitrogen and oxygen atoms in total. The molecule has 0 aromatic carbocycles. The van der Waals surface area contributed by atoms with Gasteiger partial charge in [0.15, 0.2) is 0 Å². The number of rotatable bonds is 5. The van der Waals surface area contributed by atoms with Gasteiger partial charge >= 0.3 is 51.4 Å². The quantitative estimate of drug-likeness (QED) is 0.626. The summed E-state index contributed by atoms with van der Waals surface area (Å²) in [6.07, 6.45) is 3.50. The van der Waals surface area contributed by atoms with Crippen LogP contribution in [-0.4, -0.2) is 31.1 Å². The van der Waals surface area contributed by atoms with Gasteiger partial charge in [0.05, 0.1) is 0 Å². The minimum atomic E-state index is 0. The third kappa shape index (κ3) is 6.15. The number of hydrogen-bond donors (Lipinski definition) is 0. The normalized spacial score (nSPS) is 30.2. The van der Waals surface area contributed by atoms with Crippen LogP contribution in [0.3, 0.4) is 0 Å². The predicted molar refractivity (Wildman–Crippen MR) is 62.4 cm³/mol. The molecule has 15 heavy (non-hydrogen) atoms. The van der Waals surface area contributed by atoms with E-state index in [9.17, 15) is 0 Å². The Hall–Kier alpha value is 1.56. The summed E-state index contributed by atoms with van der Waals surface area (Å²) >= 11 is 0. The molecule has 1 fully saturated rings. The van der Waals surface area contributed by atoms with Crippen molar-refractivity contribution in [2.75, 3.05) is 20.1 Å². The second kappa shape index (κ2) is 7.09. The Labute approximate surface area is 138 Å². The summed E-state index contributed by atoms with van der Waals surface area (Å²) in [4.78, 5) is 2.42. The molecule has 0 amide bonds. The van der Waals surface area contributed by atoms with Crippen LogP contribution in [0.1, 0.15) is 40.0 Å². The third-order valence-corrected chi connectivity index (χ3v) is 3.25. The zero-order chi connectivity index (χ0) is 10.8. The molecule has 0 atom stereocenters. The van der Waals surface area contributed by atoms with Crippen LogP contribution in [0, 0.1) is 11.3 Å². The van der Waals surface area contributed by atoms with E-state index < -0.39 is 0 Å². The molecule has 0 spiro atoms. The van der Waals surface area contributed by atoms with Gasteiger partial charge in [-0.1, -0.05) is 33.6 Å². The summed E-state index contributed by atoms with van der Waals surface area (Å²) in [6.45, 7) is 9.26. The van der Waals surface area contributed by atoms with Crippen molar-refractivity contribution < 1.29 is 51.4 Å². The summed E-state index contributed by atoms with van der Waals surface area (Å²) < 4.78 is 0. The number of hydrogen-bond acceptors (Lipinski definition) is 1. The van der Waals surface area contributed by atoms with Crippen molar-refractivity contribution in [3.05, 3.63) is 5.73 Å². The molecule has 84 valence electrons. The van der Waals surface area contributed by atoms with Crippen molar-refractivity contribution >= 4 is 0 Å². The minimum absolute atomic E-state index is 0. The maximum atomic E-state index is 7.55. The Balaban J connectivity index is 0.00000196. The van der Waals surface area contributed by atoms with Crippen molar-refractivity contribution in [3.63, 3.8) is 0 Å². The van der Waals surface area contributed by atoms with E-state index in [0.717, 1.165) is 18.8 Å². The monoisotopic (exact) mass is 236 g/mol. The SMILES string of the molecule is CC(C)CN(C)CCC1(C)CC([NH-])C1.[K+]. The van der Waals surface area contributed by atoms with Gasteiger partial charge in [-0.2, -0.15) is 0 Å². The standard InChI is InChI=1S/C12H25N2.K/c1-10(2)9-14(4)6-5-12(3)7-11(13)8-12;/h10-11,13H,5-9H2,1-4H3;/q-1;+1. The van der Waals surface area contributed by atoms with Gasteiger partial charge in [0.2, 0.25) is 0 Å². The first-order chi connectivity index (χ1) is 6.41. The van der Waals surface area contributed by atoms with E-state index in [2.05, 4.69) is 32.7 Å². The summed E-state index contributed by atoms with van der Waals surface area (Å²) in [5, 5.41) is 0. The van der Waals surface area contributed by atoms with Gasteiger partial charge in [-0.25, -0.2) is 0 Å². The van der Waals surface area contributed by atoms with Crippen molar-refractivity contribution in [1.82, 2.24) is 4.90 Å². The molecule has 3 heteroatoms. The van der Waals surface area contributed by atoms with Crippen LogP contribution in [0.25, 0.3) is 5.73 Å². The van der Waals surface area contributed by atoms with E-state index in [1.807, 2.05) is 0 Å². The van der Waals surface area contributed by atoms with Crippen molar-refractivity contribution in [1.29, 1.82) is 0 Å².